The minimum atomic E-state index is -0.248. The molecule has 3 aromatic rings. The van der Waals surface area contributed by atoms with Gasteiger partial charge in [-0.2, -0.15) is 5.10 Å². The van der Waals surface area contributed by atoms with Crippen LogP contribution in [0.3, 0.4) is 0 Å². The Balaban J connectivity index is 1.30. The van der Waals surface area contributed by atoms with Crippen molar-refractivity contribution in [1.29, 1.82) is 0 Å². The highest BCUT2D eigenvalue weighted by Gasteiger charge is 2.28. The van der Waals surface area contributed by atoms with Crippen LogP contribution in [0, 0.1) is 12.7 Å². The number of methoxy groups -OCH3 is 1. The lowest BCUT2D eigenvalue weighted by Gasteiger charge is -2.35. The van der Waals surface area contributed by atoms with E-state index in [1.54, 1.807) is 37.0 Å². The summed E-state index contributed by atoms with van der Waals surface area (Å²) < 4.78 is 20.9. The number of ether oxygens (including phenoxy) is 1. The molecule has 3 heterocycles. The number of aromatic nitrogens is 4. The van der Waals surface area contributed by atoms with E-state index in [4.69, 9.17) is 14.8 Å². The second-order valence-corrected chi connectivity index (χ2v) is 9.32. The molecule has 8 nitrogen and oxygen atoms in total. The van der Waals surface area contributed by atoms with Crippen molar-refractivity contribution < 1.29 is 13.9 Å². The molecule has 9 heteroatoms. The van der Waals surface area contributed by atoms with Crippen LogP contribution in [0.1, 0.15) is 43.0 Å². The lowest BCUT2D eigenvalue weighted by molar-refractivity contribution is -0.132. The third-order valence-corrected chi connectivity index (χ3v) is 7.03. The van der Waals surface area contributed by atoms with Gasteiger partial charge in [0.1, 0.15) is 29.8 Å². The van der Waals surface area contributed by atoms with Gasteiger partial charge in [-0.3, -0.25) is 4.79 Å². The summed E-state index contributed by atoms with van der Waals surface area (Å²) in [6.07, 6.45) is 6.18. The molecule has 1 saturated heterocycles. The maximum absolute atomic E-state index is 13.8. The number of carbonyl (C=O) groups is 1. The van der Waals surface area contributed by atoms with Gasteiger partial charge in [0.25, 0.3) is 0 Å². The van der Waals surface area contributed by atoms with Gasteiger partial charge in [0.2, 0.25) is 5.91 Å². The molecule has 1 saturated carbocycles. The Morgan fingerprint density at radius 2 is 1.89 bits per heavy atom. The molecule has 0 radical (unpaired) electrons. The van der Waals surface area contributed by atoms with Crippen LogP contribution in [0.2, 0.25) is 0 Å². The van der Waals surface area contributed by atoms with Crippen molar-refractivity contribution in [2.75, 3.05) is 38.2 Å². The van der Waals surface area contributed by atoms with Crippen LogP contribution < -0.4 is 9.64 Å². The maximum atomic E-state index is 13.8. The number of carbonyl (C=O) groups excluding carboxylic acids is 1. The molecule has 0 bridgehead atoms. The van der Waals surface area contributed by atoms with Crippen molar-refractivity contribution in [2.24, 2.45) is 0 Å². The van der Waals surface area contributed by atoms with Crippen molar-refractivity contribution in [3.05, 3.63) is 53.7 Å². The maximum Gasteiger partial charge on any atom is 0.244 e. The van der Waals surface area contributed by atoms with Crippen molar-refractivity contribution in [2.45, 2.75) is 45.1 Å². The van der Waals surface area contributed by atoms with Crippen LogP contribution >= 0.6 is 0 Å². The van der Waals surface area contributed by atoms with Crippen LogP contribution in [0.25, 0.3) is 11.4 Å². The lowest BCUT2D eigenvalue weighted by atomic mass is 10.1. The highest BCUT2D eigenvalue weighted by molar-refractivity contribution is 5.76. The molecule has 2 aromatic heterocycles. The van der Waals surface area contributed by atoms with E-state index in [1.807, 2.05) is 17.0 Å². The molecule has 0 spiro atoms. The summed E-state index contributed by atoms with van der Waals surface area (Å²) in [5.74, 6) is 3.14. The number of pyridine rings is 1. The number of anilines is 1. The van der Waals surface area contributed by atoms with E-state index in [2.05, 4.69) is 9.88 Å². The van der Waals surface area contributed by atoms with E-state index in [-0.39, 0.29) is 18.3 Å². The monoisotopic (exact) mass is 478 g/mol. The van der Waals surface area contributed by atoms with Crippen LogP contribution in [0.15, 0.2) is 36.5 Å². The second-order valence-electron chi connectivity index (χ2n) is 9.32. The molecule has 5 rings (SSSR count). The molecule has 1 aliphatic heterocycles. The van der Waals surface area contributed by atoms with Gasteiger partial charge in [-0.25, -0.2) is 19.0 Å². The number of amides is 1. The van der Waals surface area contributed by atoms with E-state index in [9.17, 15) is 9.18 Å². The van der Waals surface area contributed by atoms with Gasteiger partial charge < -0.3 is 14.5 Å². The fraction of sp³-hybridized carbons (Fsp3) is 0.462. The quantitative estimate of drug-likeness (QED) is 0.536. The van der Waals surface area contributed by atoms with Gasteiger partial charge in [-0.15, -0.1) is 0 Å². The molecular weight excluding hydrogens is 447 g/mol. The largest absolute Gasteiger partial charge is 0.497 e. The molecule has 0 N–H and O–H groups in total. The number of nitrogens with zero attached hydrogens (tertiary/aromatic N) is 6. The van der Waals surface area contributed by atoms with Crippen molar-refractivity contribution >= 4 is 11.7 Å². The Hall–Kier alpha value is -3.49. The van der Waals surface area contributed by atoms with Gasteiger partial charge in [0, 0.05) is 49.9 Å². The van der Waals surface area contributed by atoms with Crippen molar-refractivity contribution in [3.63, 3.8) is 0 Å². The van der Waals surface area contributed by atoms with Crippen LogP contribution in [0.5, 0.6) is 5.75 Å². The van der Waals surface area contributed by atoms with Gasteiger partial charge in [-0.05, 0) is 49.6 Å². The number of benzene rings is 1. The second kappa shape index (κ2) is 10.0. The number of aryl methyl sites for hydroxylation is 1. The van der Waals surface area contributed by atoms with Crippen LogP contribution in [-0.4, -0.2) is 63.8 Å². The number of hydrogen-bond acceptors (Lipinski definition) is 6. The van der Waals surface area contributed by atoms with E-state index in [0.29, 0.717) is 43.5 Å². The van der Waals surface area contributed by atoms with E-state index in [0.717, 1.165) is 48.6 Å². The normalized spacial score (nSPS) is 16.7. The number of rotatable bonds is 6. The molecule has 35 heavy (non-hydrogen) atoms. The first kappa shape index (κ1) is 23.3. The highest BCUT2D eigenvalue weighted by atomic mass is 19.1. The number of halogens is 1. The average molecular weight is 479 g/mol. The molecule has 0 atom stereocenters. The molecule has 2 fully saturated rings. The summed E-state index contributed by atoms with van der Waals surface area (Å²) in [7, 11) is 1.64. The minimum absolute atomic E-state index is 0.0363. The zero-order valence-corrected chi connectivity index (χ0v) is 20.3. The SMILES string of the molecule is COc1ccnc(N2CCN(C(=O)Cn3nc(-c4ccc(F)c(C)c4)nc3C3CCCC3)CC2)c1. The third kappa shape index (κ3) is 4.99. The molecule has 1 amide bonds. The fourth-order valence-corrected chi connectivity index (χ4v) is 4.98. The Morgan fingerprint density at radius 1 is 1.11 bits per heavy atom. The molecule has 1 aliphatic carbocycles. The lowest BCUT2D eigenvalue weighted by Crippen LogP contribution is -2.50. The van der Waals surface area contributed by atoms with Gasteiger partial charge in [0.15, 0.2) is 5.82 Å². The van der Waals surface area contributed by atoms with Gasteiger partial charge in [-0.1, -0.05) is 12.8 Å². The summed E-state index contributed by atoms with van der Waals surface area (Å²) in [6.45, 7) is 4.55. The number of piperazine rings is 1. The standard InChI is InChI=1S/C26H31FN6O2/c1-18-15-20(7-8-22(18)27)25-29-26(19-5-3-4-6-19)33(30-25)17-24(34)32-13-11-31(12-14-32)23-16-21(35-2)9-10-28-23/h7-10,15-16,19H,3-6,11-14,17H2,1-2H3. The Bertz CT molecular complexity index is 1200. The van der Waals surface area contributed by atoms with Gasteiger partial charge >= 0.3 is 0 Å². The Labute approximate surface area is 204 Å². The first-order chi connectivity index (χ1) is 17.0. The Morgan fingerprint density at radius 3 is 2.60 bits per heavy atom. The van der Waals surface area contributed by atoms with E-state index in [1.165, 1.54) is 6.07 Å². The topological polar surface area (TPSA) is 76.4 Å². The summed E-state index contributed by atoms with van der Waals surface area (Å²) in [5, 5.41) is 4.71. The first-order valence-corrected chi connectivity index (χ1v) is 12.3. The van der Waals surface area contributed by atoms with E-state index >= 15 is 0 Å². The Kier molecular flexibility index (Phi) is 6.66. The summed E-state index contributed by atoms with van der Waals surface area (Å²) in [6, 6.07) is 8.65. The van der Waals surface area contributed by atoms with Crippen molar-refractivity contribution in [1.82, 2.24) is 24.6 Å². The summed E-state index contributed by atoms with van der Waals surface area (Å²) in [4.78, 5) is 26.6. The van der Waals surface area contributed by atoms with Crippen molar-refractivity contribution in [3.8, 4) is 17.1 Å². The molecule has 2 aliphatic rings. The molecule has 0 unspecified atom stereocenters. The summed E-state index contributed by atoms with van der Waals surface area (Å²) >= 11 is 0. The zero-order valence-electron chi connectivity index (χ0n) is 20.3. The fourth-order valence-electron chi connectivity index (χ4n) is 4.98. The summed E-state index contributed by atoms with van der Waals surface area (Å²) in [5.41, 5.74) is 1.33. The molecular formula is C26H31FN6O2. The highest BCUT2D eigenvalue weighted by Crippen LogP contribution is 2.34. The first-order valence-electron chi connectivity index (χ1n) is 12.3. The zero-order chi connectivity index (χ0) is 24.4. The smallest absolute Gasteiger partial charge is 0.244 e. The van der Waals surface area contributed by atoms with Gasteiger partial charge in [0.05, 0.1) is 7.11 Å². The minimum Gasteiger partial charge on any atom is -0.497 e. The van der Waals surface area contributed by atoms with Crippen LogP contribution in [-0.2, 0) is 11.3 Å². The predicted octanol–water partition coefficient (Wildman–Crippen LogP) is 3.80. The molecule has 1 aromatic carbocycles. The number of hydrogen-bond donors (Lipinski definition) is 0. The third-order valence-electron chi connectivity index (χ3n) is 7.03. The predicted molar refractivity (Wildman–Crippen MR) is 131 cm³/mol. The van der Waals surface area contributed by atoms with Crippen LogP contribution in [0.4, 0.5) is 10.2 Å². The average Bonchev–Trinajstić information content (AvgIpc) is 3.56. The molecule has 184 valence electrons. The van der Waals surface area contributed by atoms with E-state index < -0.39 is 0 Å².